The number of nitrogens with one attached hydrogen (secondary N) is 2. The molecule has 0 aliphatic carbocycles. The van der Waals surface area contributed by atoms with Crippen molar-refractivity contribution in [3.8, 4) is 0 Å². The van der Waals surface area contributed by atoms with Crippen LogP contribution in [-0.4, -0.2) is 57.3 Å². The summed E-state index contributed by atoms with van der Waals surface area (Å²) in [7, 11) is -3.13. The summed E-state index contributed by atoms with van der Waals surface area (Å²) in [5.41, 5.74) is 0. The highest BCUT2D eigenvalue weighted by atomic mass is 32.2. The molecule has 2 saturated heterocycles. The average Bonchev–Trinajstić information content (AvgIpc) is 2.46. The van der Waals surface area contributed by atoms with Crippen molar-refractivity contribution in [2.75, 3.05) is 31.9 Å². The number of piperidine rings is 2. The molecule has 0 amide bonds. The van der Waals surface area contributed by atoms with Gasteiger partial charge in [0.15, 0.2) is 0 Å². The molecule has 0 bridgehead atoms. The molecule has 5 nitrogen and oxygen atoms in total. The summed E-state index contributed by atoms with van der Waals surface area (Å²) in [5, 5.41) is 3.30. The summed E-state index contributed by atoms with van der Waals surface area (Å²) in [5.74, 6) is 0.229. The zero-order valence-corrected chi connectivity index (χ0v) is 14.1. The van der Waals surface area contributed by atoms with E-state index < -0.39 is 10.0 Å². The van der Waals surface area contributed by atoms with Crippen molar-refractivity contribution in [3.05, 3.63) is 0 Å². The van der Waals surface area contributed by atoms with Crippen molar-refractivity contribution in [1.29, 1.82) is 0 Å². The molecule has 2 rings (SSSR count). The van der Waals surface area contributed by atoms with Crippen LogP contribution in [0.1, 0.15) is 51.9 Å². The molecule has 2 unspecified atom stereocenters. The maximum Gasteiger partial charge on any atom is 0.213 e. The number of rotatable bonds is 7. The van der Waals surface area contributed by atoms with E-state index in [2.05, 4.69) is 21.9 Å². The first-order chi connectivity index (χ1) is 10.1. The zero-order valence-electron chi connectivity index (χ0n) is 13.3. The van der Waals surface area contributed by atoms with Crippen LogP contribution in [0.2, 0.25) is 0 Å². The fourth-order valence-corrected chi connectivity index (χ4v) is 4.78. The topological polar surface area (TPSA) is 61.4 Å². The van der Waals surface area contributed by atoms with Gasteiger partial charge in [0.2, 0.25) is 10.0 Å². The molecule has 124 valence electrons. The van der Waals surface area contributed by atoms with Crippen LogP contribution in [0.3, 0.4) is 0 Å². The summed E-state index contributed by atoms with van der Waals surface area (Å²) in [6, 6.07) is 0.792. The molecular weight excluding hydrogens is 286 g/mol. The van der Waals surface area contributed by atoms with Gasteiger partial charge in [0.25, 0.3) is 0 Å². The Hall–Kier alpha value is -0.170. The van der Waals surface area contributed by atoms with Crippen LogP contribution in [0.5, 0.6) is 0 Å². The summed E-state index contributed by atoms with van der Waals surface area (Å²) in [6.07, 6.45) is 8.08. The fourth-order valence-electron chi connectivity index (χ4n) is 3.39. The second-order valence-corrected chi connectivity index (χ2v) is 8.41. The fraction of sp³-hybridized carbons (Fsp3) is 1.00. The Balaban J connectivity index is 1.62. The van der Waals surface area contributed by atoms with E-state index in [1.54, 1.807) is 0 Å². The molecule has 0 aromatic rings. The monoisotopic (exact) mass is 317 g/mol. The second-order valence-electron chi connectivity index (χ2n) is 6.56. The number of hydrogen-bond donors (Lipinski definition) is 2. The third-order valence-electron chi connectivity index (χ3n) is 4.72. The minimum atomic E-state index is -3.13. The van der Waals surface area contributed by atoms with Crippen molar-refractivity contribution in [2.45, 2.75) is 64.0 Å². The third-order valence-corrected chi connectivity index (χ3v) is 6.20. The molecule has 2 heterocycles. The van der Waals surface area contributed by atoms with Crippen molar-refractivity contribution in [2.24, 2.45) is 0 Å². The lowest BCUT2D eigenvalue weighted by Crippen LogP contribution is -2.43. The third kappa shape index (κ3) is 6.22. The lowest BCUT2D eigenvalue weighted by molar-refractivity contribution is 0.159. The van der Waals surface area contributed by atoms with E-state index in [4.69, 9.17) is 0 Å². The van der Waals surface area contributed by atoms with Gasteiger partial charge in [0.1, 0.15) is 0 Å². The summed E-state index contributed by atoms with van der Waals surface area (Å²) in [4.78, 5) is 2.49. The first-order valence-corrected chi connectivity index (χ1v) is 10.2. The van der Waals surface area contributed by atoms with Gasteiger partial charge in [-0.05, 0) is 58.7 Å². The normalized spacial score (nSPS) is 28.6. The Morgan fingerprint density at radius 2 is 2.00 bits per heavy atom. The predicted molar refractivity (Wildman–Crippen MR) is 86.9 cm³/mol. The summed E-state index contributed by atoms with van der Waals surface area (Å²) >= 11 is 0. The van der Waals surface area contributed by atoms with E-state index in [0.29, 0.717) is 12.6 Å². The van der Waals surface area contributed by atoms with E-state index in [9.17, 15) is 8.42 Å². The first kappa shape index (κ1) is 17.2. The van der Waals surface area contributed by atoms with E-state index >= 15 is 0 Å². The Morgan fingerprint density at radius 1 is 1.19 bits per heavy atom. The minimum absolute atomic E-state index is 0.137. The second kappa shape index (κ2) is 8.46. The molecular formula is C15H31N3O2S. The maximum absolute atomic E-state index is 12.0. The summed E-state index contributed by atoms with van der Waals surface area (Å²) in [6.45, 7) is 5.97. The molecule has 2 N–H and O–H groups in total. The predicted octanol–water partition coefficient (Wildman–Crippen LogP) is 1.31. The smallest absolute Gasteiger partial charge is 0.213 e. The molecule has 21 heavy (non-hydrogen) atoms. The summed E-state index contributed by atoms with van der Waals surface area (Å²) < 4.78 is 26.9. The van der Waals surface area contributed by atoms with Crippen LogP contribution in [0.15, 0.2) is 0 Å². The number of sulfonamides is 1. The Labute approximate surface area is 129 Å². The lowest BCUT2D eigenvalue weighted by atomic mass is 10.0. The highest BCUT2D eigenvalue weighted by Gasteiger charge is 2.21. The van der Waals surface area contributed by atoms with E-state index in [0.717, 1.165) is 38.8 Å². The van der Waals surface area contributed by atoms with E-state index in [1.165, 1.54) is 25.8 Å². The van der Waals surface area contributed by atoms with Crippen LogP contribution in [0, 0.1) is 0 Å². The molecule has 2 fully saturated rings. The molecule has 2 aliphatic rings. The number of likely N-dealkylation sites (tertiary alicyclic amines) is 1. The molecule has 6 heteroatoms. The van der Waals surface area contributed by atoms with Gasteiger partial charge in [-0.15, -0.1) is 0 Å². The Kier molecular flexibility index (Phi) is 6.92. The lowest BCUT2D eigenvalue weighted by Gasteiger charge is -2.33. The average molecular weight is 317 g/mol. The van der Waals surface area contributed by atoms with Crippen LogP contribution >= 0.6 is 0 Å². The number of nitrogens with zero attached hydrogens (tertiary/aromatic N) is 1. The standard InChI is InChI=1S/C15H31N3O2S/c1-14-7-3-5-11-18(14)12-6-10-17-21(19,20)13-15-8-2-4-9-16-15/h14-17H,2-13H2,1H3. The maximum atomic E-state index is 12.0. The van der Waals surface area contributed by atoms with Crippen LogP contribution < -0.4 is 10.0 Å². The zero-order chi connectivity index (χ0) is 15.1. The molecule has 0 radical (unpaired) electrons. The van der Waals surface area contributed by atoms with Gasteiger partial charge in [0.05, 0.1) is 5.75 Å². The van der Waals surface area contributed by atoms with E-state index in [1.807, 2.05) is 0 Å². The number of hydrogen-bond acceptors (Lipinski definition) is 4. The largest absolute Gasteiger partial charge is 0.313 e. The van der Waals surface area contributed by atoms with Gasteiger partial charge >= 0.3 is 0 Å². The SMILES string of the molecule is CC1CCCCN1CCCNS(=O)(=O)CC1CCCCN1. The molecule has 2 aliphatic heterocycles. The molecule has 0 aromatic carbocycles. The molecule has 0 spiro atoms. The van der Waals surface area contributed by atoms with Gasteiger partial charge in [0, 0.05) is 18.6 Å². The Bertz CT molecular complexity index is 394. The van der Waals surface area contributed by atoms with Crippen molar-refractivity contribution in [3.63, 3.8) is 0 Å². The van der Waals surface area contributed by atoms with Crippen molar-refractivity contribution in [1.82, 2.24) is 14.9 Å². The molecule has 0 aromatic heterocycles. The highest BCUT2D eigenvalue weighted by molar-refractivity contribution is 7.89. The van der Waals surface area contributed by atoms with Gasteiger partial charge in [-0.1, -0.05) is 12.8 Å². The first-order valence-electron chi connectivity index (χ1n) is 8.51. The van der Waals surface area contributed by atoms with Crippen LogP contribution in [0.4, 0.5) is 0 Å². The van der Waals surface area contributed by atoms with Crippen LogP contribution in [0.25, 0.3) is 0 Å². The van der Waals surface area contributed by atoms with Crippen molar-refractivity contribution < 1.29 is 8.42 Å². The van der Waals surface area contributed by atoms with Gasteiger partial charge in [-0.3, -0.25) is 0 Å². The van der Waals surface area contributed by atoms with Gasteiger partial charge < -0.3 is 10.2 Å². The van der Waals surface area contributed by atoms with Crippen molar-refractivity contribution >= 4 is 10.0 Å². The van der Waals surface area contributed by atoms with E-state index in [-0.39, 0.29) is 11.8 Å². The van der Waals surface area contributed by atoms with Gasteiger partial charge in [-0.25, -0.2) is 13.1 Å². The molecule has 2 atom stereocenters. The minimum Gasteiger partial charge on any atom is -0.313 e. The van der Waals surface area contributed by atoms with Gasteiger partial charge in [-0.2, -0.15) is 0 Å². The Morgan fingerprint density at radius 3 is 2.71 bits per heavy atom. The molecule has 0 saturated carbocycles. The highest BCUT2D eigenvalue weighted by Crippen LogP contribution is 2.16. The van der Waals surface area contributed by atoms with Crippen LogP contribution in [-0.2, 0) is 10.0 Å². The quantitative estimate of drug-likeness (QED) is 0.695.